The summed E-state index contributed by atoms with van der Waals surface area (Å²) >= 11 is 1.57. The number of hydrogen-bond donors (Lipinski definition) is 1. The Morgan fingerprint density at radius 1 is 1.31 bits per heavy atom. The number of aromatic nitrogens is 2. The minimum atomic E-state index is 0.894. The van der Waals surface area contributed by atoms with E-state index >= 15 is 0 Å². The second-order valence-corrected chi connectivity index (χ2v) is 3.55. The molecule has 2 aromatic heterocycles. The van der Waals surface area contributed by atoms with E-state index in [1.165, 1.54) is 0 Å². The number of nitrogens with one attached hydrogen (secondary N) is 1. The van der Waals surface area contributed by atoms with Crippen LogP contribution in [0.4, 0.5) is 10.8 Å². The number of pyridine rings is 1. The van der Waals surface area contributed by atoms with Crippen molar-refractivity contribution in [2.24, 2.45) is 0 Å². The molecule has 0 aliphatic carbocycles. The van der Waals surface area contributed by atoms with Crippen LogP contribution in [0.2, 0.25) is 0 Å². The molecule has 0 atom stereocenters. The molecule has 2 heterocycles. The molecular formula is C9H9N3S. The lowest BCUT2D eigenvalue weighted by atomic mass is 10.3. The van der Waals surface area contributed by atoms with Crippen LogP contribution in [0.5, 0.6) is 0 Å². The van der Waals surface area contributed by atoms with Gasteiger partial charge in [-0.1, -0.05) is 0 Å². The molecule has 0 saturated carbocycles. The lowest BCUT2D eigenvalue weighted by Crippen LogP contribution is -1.90. The molecule has 4 heteroatoms. The van der Waals surface area contributed by atoms with E-state index in [9.17, 15) is 0 Å². The Labute approximate surface area is 80.5 Å². The van der Waals surface area contributed by atoms with Gasteiger partial charge < -0.3 is 5.32 Å². The summed E-state index contributed by atoms with van der Waals surface area (Å²) in [4.78, 5) is 8.29. The third-order valence-corrected chi connectivity index (χ3v) is 2.28. The molecule has 2 aromatic rings. The fourth-order valence-electron chi connectivity index (χ4n) is 0.950. The molecule has 2 rings (SSSR count). The SMILES string of the molecule is Cc1ccc(Nc2nccs2)cn1. The molecule has 0 spiro atoms. The van der Waals surface area contributed by atoms with Crippen molar-refractivity contribution in [1.82, 2.24) is 9.97 Å². The fraction of sp³-hybridized carbons (Fsp3) is 0.111. The zero-order valence-electron chi connectivity index (χ0n) is 7.19. The number of aryl methyl sites for hydroxylation is 1. The van der Waals surface area contributed by atoms with Gasteiger partial charge in [-0.15, -0.1) is 11.3 Å². The van der Waals surface area contributed by atoms with Gasteiger partial charge in [-0.3, -0.25) is 4.98 Å². The third kappa shape index (κ3) is 2.03. The molecule has 0 aliphatic rings. The Balaban J connectivity index is 2.15. The minimum Gasteiger partial charge on any atom is -0.330 e. The second-order valence-electron chi connectivity index (χ2n) is 2.65. The highest BCUT2D eigenvalue weighted by Gasteiger charge is 1.95. The Hall–Kier alpha value is -1.42. The van der Waals surface area contributed by atoms with Gasteiger partial charge in [-0.25, -0.2) is 4.98 Å². The highest BCUT2D eigenvalue weighted by Crippen LogP contribution is 2.17. The summed E-state index contributed by atoms with van der Waals surface area (Å²) < 4.78 is 0. The first-order valence-corrected chi connectivity index (χ1v) is 4.82. The van der Waals surface area contributed by atoms with Crippen molar-refractivity contribution in [3.8, 4) is 0 Å². The molecular weight excluding hydrogens is 182 g/mol. The molecule has 66 valence electrons. The van der Waals surface area contributed by atoms with Gasteiger partial charge in [0.2, 0.25) is 0 Å². The van der Waals surface area contributed by atoms with Crippen LogP contribution in [0, 0.1) is 6.92 Å². The molecule has 0 bridgehead atoms. The molecule has 3 nitrogen and oxygen atoms in total. The zero-order valence-corrected chi connectivity index (χ0v) is 8.01. The van der Waals surface area contributed by atoms with Crippen molar-refractivity contribution in [1.29, 1.82) is 0 Å². The highest BCUT2D eigenvalue weighted by molar-refractivity contribution is 7.13. The number of anilines is 2. The molecule has 13 heavy (non-hydrogen) atoms. The van der Waals surface area contributed by atoms with E-state index in [0.29, 0.717) is 0 Å². The second kappa shape index (κ2) is 3.53. The number of hydrogen-bond acceptors (Lipinski definition) is 4. The third-order valence-electron chi connectivity index (χ3n) is 1.59. The van der Waals surface area contributed by atoms with Gasteiger partial charge in [0, 0.05) is 17.3 Å². The maximum atomic E-state index is 4.17. The van der Waals surface area contributed by atoms with Gasteiger partial charge >= 0.3 is 0 Å². The van der Waals surface area contributed by atoms with E-state index < -0.39 is 0 Å². The Morgan fingerprint density at radius 3 is 2.85 bits per heavy atom. The summed E-state index contributed by atoms with van der Waals surface area (Å²) in [6, 6.07) is 3.96. The molecule has 0 fully saturated rings. The monoisotopic (exact) mass is 191 g/mol. The highest BCUT2D eigenvalue weighted by atomic mass is 32.1. The maximum absolute atomic E-state index is 4.17. The maximum Gasteiger partial charge on any atom is 0.187 e. The van der Waals surface area contributed by atoms with Crippen molar-refractivity contribution in [2.45, 2.75) is 6.92 Å². The van der Waals surface area contributed by atoms with Crippen LogP contribution in [0.1, 0.15) is 5.69 Å². The fourth-order valence-corrected chi connectivity index (χ4v) is 1.50. The quantitative estimate of drug-likeness (QED) is 0.792. The van der Waals surface area contributed by atoms with Crippen molar-refractivity contribution in [2.75, 3.05) is 5.32 Å². The van der Waals surface area contributed by atoms with Crippen LogP contribution in [0.3, 0.4) is 0 Å². The van der Waals surface area contributed by atoms with E-state index in [-0.39, 0.29) is 0 Å². The Kier molecular flexibility index (Phi) is 2.23. The molecule has 0 saturated heterocycles. The smallest absolute Gasteiger partial charge is 0.187 e. The van der Waals surface area contributed by atoms with Crippen molar-refractivity contribution >= 4 is 22.2 Å². The molecule has 0 amide bonds. The summed E-state index contributed by atoms with van der Waals surface area (Å²) in [6.45, 7) is 1.97. The molecule has 0 radical (unpaired) electrons. The number of thiazole rings is 1. The number of nitrogens with zero attached hydrogens (tertiary/aromatic N) is 2. The summed E-state index contributed by atoms with van der Waals surface area (Å²) in [5, 5.41) is 5.98. The van der Waals surface area contributed by atoms with Crippen LogP contribution in [-0.4, -0.2) is 9.97 Å². The molecule has 0 aromatic carbocycles. The standard InChI is InChI=1S/C9H9N3S/c1-7-2-3-8(6-11-7)12-9-10-4-5-13-9/h2-6H,1H3,(H,10,12). The summed E-state index contributed by atoms with van der Waals surface area (Å²) in [6.07, 6.45) is 3.57. The topological polar surface area (TPSA) is 37.8 Å². The van der Waals surface area contributed by atoms with Crippen molar-refractivity contribution < 1.29 is 0 Å². The lowest BCUT2D eigenvalue weighted by molar-refractivity contribution is 1.20. The number of rotatable bonds is 2. The summed E-state index contributed by atoms with van der Waals surface area (Å²) in [5.74, 6) is 0. The Bertz CT molecular complexity index is 366. The Morgan fingerprint density at radius 2 is 2.23 bits per heavy atom. The predicted octanol–water partition coefficient (Wildman–Crippen LogP) is 2.59. The zero-order chi connectivity index (χ0) is 9.10. The minimum absolute atomic E-state index is 0.894. The van der Waals surface area contributed by atoms with Gasteiger partial charge in [0.05, 0.1) is 11.9 Å². The lowest BCUT2D eigenvalue weighted by Gasteiger charge is -2.00. The van der Waals surface area contributed by atoms with Gasteiger partial charge in [-0.2, -0.15) is 0 Å². The van der Waals surface area contributed by atoms with Crippen LogP contribution in [0.15, 0.2) is 29.9 Å². The van der Waals surface area contributed by atoms with Crippen LogP contribution < -0.4 is 5.32 Å². The average Bonchev–Trinajstić information content (AvgIpc) is 2.62. The van der Waals surface area contributed by atoms with Crippen molar-refractivity contribution in [3.05, 3.63) is 35.6 Å². The first-order valence-electron chi connectivity index (χ1n) is 3.94. The summed E-state index contributed by atoms with van der Waals surface area (Å²) in [7, 11) is 0. The largest absolute Gasteiger partial charge is 0.330 e. The summed E-state index contributed by atoms with van der Waals surface area (Å²) in [5.41, 5.74) is 1.99. The van der Waals surface area contributed by atoms with E-state index in [4.69, 9.17) is 0 Å². The van der Waals surface area contributed by atoms with Crippen LogP contribution in [0.25, 0.3) is 0 Å². The van der Waals surface area contributed by atoms with E-state index in [0.717, 1.165) is 16.5 Å². The molecule has 0 unspecified atom stereocenters. The van der Waals surface area contributed by atoms with Gasteiger partial charge in [0.1, 0.15) is 0 Å². The normalized spacial score (nSPS) is 9.92. The predicted molar refractivity (Wildman–Crippen MR) is 54.4 cm³/mol. The first kappa shape index (κ1) is 8.19. The first-order chi connectivity index (χ1) is 6.34. The van der Waals surface area contributed by atoms with Crippen molar-refractivity contribution in [3.63, 3.8) is 0 Å². The van der Waals surface area contributed by atoms with E-state index in [1.807, 2.05) is 24.4 Å². The van der Waals surface area contributed by atoms with Gasteiger partial charge in [-0.05, 0) is 19.1 Å². The average molecular weight is 191 g/mol. The van der Waals surface area contributed by atoms with Gasteiger partial charge in [0.15, 0.2) is 5.13 Å². The van der Waals surface area contributed by atoms with Crippen LogP contribution >= 0.6 is 11.3 Å². The molecule has 1 N–H and O–H groups in total. The van der Waals surface area contributed by atoms with E-state index in [1.54, 1.807) is 23.7 Å². The van der Waals surface area contributed by atoms with E-state index in [2.05, 4.69) is 15.3 Å². The van der Waals surface area contributed by atoms with Crippen LogP contribution in [-0.2, 0) is 0 Å². The molecule has 0 aliphatic heterocycles. The van der Waals surface area contributed by atoms with Gasteiger partial charge in [0.25, 0.3) is 0 Å².